The third-order valence-corrected chi connectivity index (χ3v) is 6.07. The van der Waals surface area contributed by atoms with E-state index in [-0.39, 0.29) is 0 Å². The molecule has 156 valence electrons. The van der Waals surface area contributed by atoms with Gasteiger partial charge >= 0.3 is 0 Å². The zero-order chi connectivity index (χ0) is 20.9. The van der Waals surface area contributed by atoms with Crippen LogP contribution in [-0.4, -0.2) is 25.5 Å². The van der Waals surface area contributed by atoms with E-state index in [9.17, 15) is 0 Å². The molecule has 0 saturated carbocycles. The van der Waals surface area contributed by atoms with E-state index in [0.717, 1.165) is 22.9 Å². The van der Waals surface area contributed by atoms with E-state index in [1.54, 1.807) is 0 Å². The summed E-state index contributed by atoms with van der Waals surface area (Å²) < 4.78 is 6.10. The average Bonchev–Trinajstić information content (AvgIpc) is 2.76. The molecule has 30 heavy (non-hydrogen) atoms. The number of anilines is 1. The first kappa shape index (κ1) is 20.5. The van der Waals surface area contributed by atoms with Gasteiger partial charge in [-0.25, -0.2) is 0 Å². The molecule has 0 aliphatic heterocycles. The Morgan fingerprint density at radius 1 is 0.933 bits per heavy atom. The van der Waals surface area contributed by atoms with E-state index < -0.39 is 0 Å². The molecule has 3 heteroatoms. The van der Waals surface area contributed by atoms with Crippen LogP contribution in [0.2, 0.25) is 0 Å². The van der Waals surface area contributed by atoms with Gasteiger partial charge in [-0.05, 0) is 104 Å². The fourth-order valence-corrected chi connectivity index (χ4v) is 4.26. The quantitative estimate of drug-likeness (QED) is 0.527. The zero-order valence-corrected chi connectivity index (χ0v) is 18.1. The number of hydrogen-bond acceptors (Lipinski definition) is 3. The van der Waals surface area contributed by atoms with E-state index >= 15 is 0 Å². The maximum absolute atomic E-state index is 6.10. The number of ether oxygens (including phenoxy) is 1. The van der Waals surface area contributed by atoms with E-state index in [1.165, 1.54) is 54.5 Å². The summed E-state index contributed by atoms with van der Waals surface area (Å²) in [5, 5.41) is 0. The number of fused-ring (bicyclic) bond motifs is 1. The Balaban J connectivity index is 1.34. The van der Waals surface area contributed by atoms with Crippen LogP contribution in [0.5, 0.6) is 5.75 Å². The maximum Gasteiger partial charge on any atom is 0.120 e. The summed E-state index contributed by atoms with van der Waals surface area (Å²) in [4.78, 5) is 2.29. The van der Waals surface area contributed by atoms with Crippen LogP contribution in [-0.2, 0) is 19.4 Å². The van der Waals surface area contributed by atoms with E-state index in [2.05, 4.69) is 67.5 Å². The maximum atomic E-state index is 6.10. The smallest absolute Gasteiger partial charge is 0.120 e. The third kappa shape index (κ3) is 5.22. The molecule has 3 aromatic carbocycles. The zero-order valence-electron chi connectivity index (χ0n) is 18.1. The van der Waals surface area contributed by atoms with Gasteiger partial charge in [-0.1, -0.05) is 42.5 Å². The molecule has 1 aliphatic rings. The highest BCUT2D eigenvalue weighted by Crippen LogP contribution is 2.30. The van der Waals surface area contributed by atoms with Crippen LogP contribution in [0, 0.1) is 5.92 Å². The first-order valence-electron chi connectivity index (χ1n) is 10.9. The van der Waals surface area contributed by atoms with Crippen LogP contribution in [0.3, 0.4) is 0 Å². The van der Waals surface area contributed by atoms with Gasteiger partial charge in [0.2, 0.25) is 0 Å². The lowest BCUT2D eigenvalue weighted by atomic mass is 9.82. The predicted molar refractivity (Wildman–Crippen MR) is 126 cm³/mol. The highest BCUT2D eigenvalue weighted by atomic mass is 16.5. The van der Waals surface area contributed by atoms with E-state index in [0.29, 0.717) is 6.61 Å². The van der Waals surface area contributed by atoms with Crippen molar-refractivity contribution in [2.45, 2.75) is 32.3 Å². The summed E-state index contributed by atoms with van der Waals surface area (Å²) in [6.45, 7) is 1.76. The van der Waals surface area contributed by atoms with E-state index in [1.807, 2.05) is 18.2 Å². The van der Waals surface area contributed by atoms with Crippen molar-refractivity contribution < 1.29 is 4.74 Å². The monoisotopic (exact) mass is 400 g/mol. The Hall–Kier alpha value is -2.78. The van der Waals surface area contributed by atoms with Crippen molar-refractivity contribution >= 4 is 5.69 Å². The lowest BCUT2D eigenvalue weighted by Gasteiger charge is -2.26. The minimum Gasteiger partial charge on any atom is -0.489 e. The van der Waals surface area contributed by atoms with Gasteiger partial charge in [0, 0.05) is 5.69 Å². The first-order valence-corrected chi connectivity index (χ1v) is 10.9. The Bertz CT molecular complexity index is 978. The predicted octanol–water partition coefficient (Wildman–Crippen LogP) is 5.57. The second-order valence-corrected chi connectivity index (χ2v) is 8.74. The van der Waals surface area contributed by atoms with Gasteiger partial charge in [0.1, 0.15) is 12.4 Å². The number of nitrogens with zero attached hydrogens (tertiary/aromatic N) is 1. The second-order valence-electron chi connectivity index (χ2n) is 8.74. The van der Waals surface area contributed by atoms with Crippen molar-refractivity contribution in [1.82, 2.24) is 4.90 Å². The second kappa shape index (κ2) is 9.36. The molecule has 2 N–H and O–H groups in total. The molecule has 0 amide bonds. The van der Waals surface area contributed by atoms with Crippen LogP contribution in [0.15, 0.2) is 66.7 Å². The van der Waals surface area contributed by atoms with Crippen LogP contribution < -0.4 is 10.5 Å². The van der Waals surface area contributed by atoms with Gasteiger partial charge in [0.15, 0.2) is 0 Å². The Labute approximate surface area is 180 Å². The molecule has 1 atom stereocenters. The molecule has 0 saturated heterocycles. The average molecular weight is 401 g/mol. The number of aryl methyl sites for hydroxylation is 1. The molecule has 0 spiro atoms. The van der Waals surface area contributed by atoms with Crippen molar-refractivity contribution in [2.75, 3.05) is 26.4 Å². The van der Waals surface area contributed by atoms with Crippen molar-refractivity contribution in [2.24, 2.45) is 5.92 Å². The normalized spacial score (nSPS) is 15.8. The molecule has 0 heterocycles. The number of benzene rings is 3. The van der Waals surface area contributed by atoms with Gasteiger partial charge in [0.05, 0.1) is 0 Å². The van der Waals surface area contributed by atoms with Crippen LogP contribution in [0.4, 0.5) is 5.69 Å². The van der Waals surface area contributed by atoms with Crippen molar-refractivity contribution in [3.05, 3.63) is 83.4 Å². The summed E-state index contributed by atoms with van der Waals surface area (Å²) in [6.07, 6.45) is 4.94. The van der Waals surface area contributed by atoms with Gasteiger partial charge in [-0.3, -0.25) is 0 Å². The number of nitrogen functional groups attached to an aromatic ring is 1. The van der Waals surface area contributed by atoms with Gasteiger partial charge in [0.25, 0.3) is 0 Å². The molecule has 0 aromatic heterocycles. The lowest BCUT2D eigenvalue weighted by molar-refractivity contribution is 0.304. The Morgan fingerprint density at radius 3 is 2.53 bits per heavy atom. The molecule has 0 fully saturated rings. The minimum absolute atomic E-state index is 0.585. The topological polar surface area (TPSA) is 38.5 Å². The molecule has 1 aliphatic carbocycles. The molecule has 0 radical (unpaired) electrons. The standard InChI is InChI=1S/C27H32N2O/c1-29(2)15-14-20-6-11-25-18-27(13-12-24(25)16-20)30-19-21-7-9-22(10-8-21)23-4-3-5-26(28)17-23/h3-5,7-10,12-13,17-18,20H,6,11,14-16,19,28H2,1-2H3. The minimum atomic E-state index is 0.585. The molecule has 0 bridgehead atoms. The molecule has 1 unspecified atom stereocenters. The van der Waals surface area contributed by atoms with Crippen molar-refractivity contribution in [1.29, 1.82) is 0 Å². The van der Waals surface area contributed by atoms with E-state index in [4.69, 9.17) is 10.5 Å². The number of hydrogen-bond donors (Lipinski definition) is 1. The number of nitrogens with two attached hydrogens (primary N) is 1. The molecule has 3 nitrogen and oxygen atoms in total. The summed E-state index contributed by atoms with van der Waals surface area (Å²) in [6, 6.07) is 23.2. The van der Waals surface area contributed by atoms with Crippen LogP contribution in [0.25, 0.3) is 11.1 Å². The van der Waals surface area contributed by atoms with Crippen LogP contribution >= 0.6 is 0 Å². The molecule has 4 rings (SSSR count). The van der Waals surface area contributed by atoms with Crippen LogP contribution in [0.1, 0.15) is 29.5 Å². The van der Waals surface area contributed by atoms with Gasteiger partial charge < -0.3 is 15.4 Å². The third-order valence-electron chi connectivity index (χ3n) is 6.07. The van der Waals surface area contributed by atoms with Crippen molar-refractivity contribution in [3.8, 4) is 16.9 Å². The first-order chi connectivity index (χ1) is 14.6. The largest absolute Gasteiger partial charge is 0.489 e. The summed E-state index contributed by atoms with van der Waals surface area (Å²) in [5.74, 6) is 1.78. The van der Waals surface area contributed by atoms with Gasteiger partial charge in [-0.2, -0.15) is 0 Å². The van der Waals surface area contributed by atoms with Crippen molar-refractivity contribution in [3.63, 3.8) is 0 Å². The summed E-state index contributed by atoms with van der Waals surface area (Å²) >= 11 is 0. The summed E-state index contributed by atoms with van der Waals surface area (Å²) in [5.41, 5.74) is 13.1. The summed E-state index contributed by atoms with van der Waals surface area (Å²) in [7, 11) is 4.32. The Kier molecular flexibility index (Phi) is 6.39. The number of rotatable bonds is 7. The Morgan fingerprint density at radius 2 is 1.77 bits per heavy atom. The highest BCUT2D eigenvalue weighted by molar-refractivity contribution is 5.67. The molecular weight excluding hydrogens is 368 g/mol. The lowest BCUT2D eigenvalue weighted by Crippen LogP contribution is -2.21. The fraction of sp³-hybridized carbons (Fsp3) is 0.333. The fourth-order valence-electron chi connectivity index (χ4n) is 4.26. The highest BCUT2D eigenvalue weighted by Gasteiger charge is 2.19. The SMILES string of the molecule is CN(C)CCC1CCc2cc(OCc3ccc(-c4cccc(N)c4)cc3)ccc2C1. The molecule has 3 aromatic rings. The molecular formula is C27H32N2O. The van der Waals surface area contributed by atoms with Gasteiger partial charge in [-0.15, -0.1) is 0 Å².